The van der Waals surface area contributed by atoms with Crippen LogP contribution >= 0.6 is 0 Å². The van der Waals surface area contributed by atoms with Crippen LogP contribution in [0.25, 0.3) is 0 Å². The van der Waals surface area contributed by atoms with E-state index in [4.69, 9.17) is 16.2 Å². The number of hydrogen-bond donors (Lipinski definition) is 3. The van der Waals surface area contributed by atoms with E-state index in [1.807, 2.05) is 0 Å². The molecule has 0 bridgehead atoms. The van der Waals surface area contributed by atoms with Gasteiger partial charge in [-0.05, 0) is 0 Å². The molecule has 0 spiro atoms. The summed E-state index contributed by atoms with van der Waals surface area (Å²) in [6.45, 7) is 0.601. The van der Waals surface area contributed by atoms with E-state index in [2.05, 4.69) is 10.3 Å². The molecular formula is C9H16N4O. The number of anilines is 3. The standard InChI is InChI=1S/C9H16N4O/c1-12-9-6(3-4-14-2)8(11)7(10)5-13-9/h5H,3-4,10H2,1-2H3,(H3,11,12,13). The average molecular weight is 196 g/mol. The van der Waals surface area contributed by atoms with Gasteiger partial charge >= 0.3 is 0 Å². The van der Waals surface area contributed by atoms with E-state index in [1.165, 1.54) is 0 Å². The molecule has 0 amide bonds. The Morgan fingerprint density at radius 2 is 2.21 bits per heavy atom. The van der Waals surface area contributed by atoms with Gasteiger partial charge in [0.25, 0.3) is 0 Å². The minimum Gasteiger partial charge on any atom is -0.397 e. The lowest BCUT2D eigenvalue weighted by atomic mass is 10.1. The quantitative estimate of drug-likeness (QED) is 0.652. The second-order valence-corrected chi connectivity index (χ2v) is 2.95. The summed E-state index contributed by atoms with van der Waals surface area (Å²) in [6.07, 6.45) is 2.26. The van der Waals surface area contributed by atoms with Crippen LogP contribution in [-0.4, -0.2) is 25.7 Å². The van der Waals surface area contributed by atoms with E-state index in [0.717, 1.165) is 11.4 Å². The molecule has 14 heavy (non-hydrogen) atoms. The molecule has 0 saturated heterocycles. The van der Waals surface area contributed by atoms with Crippen molar-refractivity contribution in [3.8, 4) is 0 Å². The fourth-order valence-electron chi connectivity index (χ4n) is 1.26. The van der Waals surface area contributed by atoms with Crippen LogP contribution in [0, 0.1) is 0 Å². The number of hydrogen-bond acceptors (Lipinski definition) is 5. The summed E-state index contributed by atoms with van der Waals surface area (Å²) in [7, 11) is 3.45. The molecule has 0 atom stereocenters. The van der Waals surface area contributed by atoms with Gasteiger partial charge in [0.2, 0.25) is 0 Å². The zero-order chi connectivity index (χ0) is 10.6. The van der Waals surface area contributed by atoms with Crippen molar-refractivity contribution < 1.29 is 4.74 Å². The Hall–Kier alpha value is -1.49. The summed E-state index contributed by atoms with van der Waals surface area (Å²) in [4.78, 5) is 4.14. The first-order valence-electron chi connectivity index (χ1n) is 4.40. The van der Waals surface area contributed by atoms with E-state index < -0.39 is 0 Å². The van der Waals surface area contributed by atoms with Crippen molar-refractivity contribution in [1.82, 2.24) is 4.98 Å². The summed E-state index contributed by atoms with van der Waals surface area (Å²) in [5.74, 6) is 0.758. The number of methoxy groups -OCH3 is 1. The molecule has 5 heteroatoms. The van der Waals surface area contributed by atoms with Crippen molar-refractivity contribution in [3.63, 3.8) is 0 Å². The third-order valence-electron chi connectivity index (χ3n) is 2.05. The van der Waals surface area contributed by atoms with Gasteiger partial charge in [-0.25, -0.2) is 4.98 Å². The summed E-state index contributed by atoms with van der Waals surface area (Å²) >= 11 is 0. The molecule has 78 valence electrons. The first kappa shape index (κ1) is 10.6. The van der Waals surface area contributed by atoms with Crippen LogP contribution in [0.5, 0.6) is 0 Å². The molecule has 0 aromatic carbocycles. The topological polar surface area (TPSA) is 86.2 Å². The molecule has 0 fully saturated rings. The minimum absolute atomic E-state index is 0.509. The van der Waals surface area contributed by atoms with Crippen molar-refractivity contribution in [2.75, 3.05) is 37.5 Å². The van der Waals surface area contributed by atoms with Crippen molar-refractivity contribution in [2.24, 2.45) is 0 Å². The first-order chi connectivity index (χ1) is 6.70. The molecule has 0 saturated carbocycles. The zero-order valence-corrected chi connectivity index (χ0v) is 8.50. The Morgan fingerprint density at radius 3 is 2.79 bits per heavy atom. The number of nitrogen functional groups attached to an aromatic ring is 2. The highest BCUT2D eigenvalue weighted by atomic mass is 16.5. The number of ether oxygens (including phenoxy) is 1. The maximum absolute atomic E-state index is 5.84. The number of nitrogens with zero attached hydrogens (tertiary/aromatic N) is 1. The first-order valence-corrected chi connectivity index (χ1v) is 4.40. The second-order valence-electron chi connectivity index (χ2n) is 2.95. The van der Waals surface area contributed by atoms with Crippen LogP contribution in [0.1, 0.15) is 5.56 Å². The number of pyridine rings is 1. The molecule has 1 heterocycles. The number of aromatic nitrogens is 1. The Bertz CT molecular complexity index is 314. The van der Waals surface area contributed by atoms with E-state index in [1.54, 1.807) is 20.4 Å². The number of rotatable bonds is 4. The van der Waals surface area contributed by atoms with E-state index in [0.29, 0.717) is 24.4 Å². The largest absolute Gasteiger partial charge is 0.397 e. The highest BCUT2D eigenvalue weighted by Crippen LogP contribution is 2.25. The Balaban J connectivity index is 3.01. The number of nitrogens with one attached hydrogen (secondary N) is 1. The molecule has 1 aromatic heterocycles. The third-order valence-corrected chi connectivity index (χ3v) is 2.05. The fourth-order valence-corrected chi connectivity index (χ4v) is 1.26. The molecular weight excluding hydrogens is 180 g/mol. The van der Waals surface area contributed by atoms with Crippen LogP contribution in [-0.2, 0) is 11.2 Å². The summed E-state index contributed by atoms with van der Waals surface area (Å²) in [5.41, 5.74) is 13.5. The van der Waals surface area contributed by atoms with Gasteiger partial charge < -0.3 is 21.5 Å². The lowest BCUT2D eigenvalue weighted by Crippen LogP contribution is -2.08. The lowest BCUT2D eigenvalue weighted by Gasteiger charge is -2.12. The van der Waals surface area contributed by atoms with Gasteiger partial charge in [-0.3, -0.25) is 0 Å². The average Bonchev–Trinajstić information content (AvgIpc) is 2.20. The minimum atomic E-state index is 0.509. The normalized spacial score (nSPS) is 10.1. The fraction of sp³-hybridized carbons (Fsp3) is 0.444. The third kappa shape index (κ3) is 2.05. The molecule has 5 nitrogen and oxygen atoms in total. The summed E-state index contributed by atoms with van der Waals surface area (Å²) in [6, 6.07) is 0. The van der Waals surface area contributed by atoms with E-state index in [-0.39, 0.29) is 0 Å². The van der Waals surface area contributed by atoms with Crippen molar-refractivity contribution in [3.05, 3.63) is 11.8 Å². The Kier molecular flexibility index (Phi) is 3.53. The summed E-state index contributed by atoms with van der Waals surface area (Å²) in [5, 5.41) is 2.97. The predicted octanol–water partition coefficient (Wildman–Crippen LogP) is 0.477. The predicted molar refractivity (Wildman–Crippen MR) is 58.2 cm³/mol. The number of nitrogens with two attached hydrogens (primary N) is 2. The van der Waals surface area contributed by atoms with Crippen molar-refractivity contribution in [1.29, 1.82) is 0 Å². The monoisotopic (exact) mass is 196 g/mol. The van der Waals surface area contributed by atoms with Crippen LogP contribution < -0.4 is 16.8 Å². The molecule has 0 unspecified atom stereocenters. The molecule has 0 aliphatic heterocycles. The van der Waals surface area contributed by atoms with Crippen molar-refractivity contribution >= 4 is 17.2 Å². The Labute approximate surface area is 83.5 Å². The van der Waals surface area contributed by atoms with Gasteiger partial charge in [0.15, 0.2) is 0 Å². The summed E-state index contributed by atoms with van der Waals surface area (Å²) < 4.78 is 4.99. The van der Waals surface area contributed by atoms with Gasteiger partial charge in [-0.15, -0.1) is 0 Å². The van der Waals surface area contributed by atoms with Crippen LogP contribution in [0.4, 0.5) is 17.2 Å². The van der Waals surface area contributed by atoms with E-state index in [9.17, 15) is 0 Å². The molecule has 0 radical (unpaired) electrons. The SMILES string of the molecule is CNc1ncc(N)c(N)c1CCOC. The van der Waals surface area contributed by atoms with Gasteiger partial charge in [0, 0.05) is 26.1 Å². The van der Waals surface area contributed by atoms with Crippen molar-refractivity contribution in [2.45, 2.75) is 6.42 Å². The molecule has 5 N–H and O–H groups in total. The highest BCUT2D eigenvalue weighted by Gasteiger charge is 2.09. The molecule has 1 rings (SSSR count). The van der Waals surface area contributed by atoms with Gasteiger partial charge in [-0.1, -0.05) is 0 Å². The maximum atomic E-state index is 5.84. The van der Waals surface area contributed by atoms with Crippen LogP contribution in [0.15, 0.2) is 6.20 Å². The second kappa shape index (κ2) is 4.66. The van der Waals surface area contributed by atoms with Gasteiger partial charge in [0.1, 0.15) is 5.82 Å². The van der Waals surface area contributed by atoms with E-state index >= 15 is 0 Å². The lowest BCUT2D eigenvalue weighted by molar-refractivity contribution is 0.202. The molecule has 0 aliphatic rings. The zero-order valence-electron chi connectivity index (χ0n) is 8.50. The highest BCUT2D eigenvalue weighted by molar-refractivity contribution is 5.72. The van der Waals surface area contributed by atoms with Crippen LogP contribution in [0.3, 0.4) is 0 Å². The molecule has 0 aliphatic carbocycles. The van der Waals surface area contributed by atoms with Crippen LogP contribution in [0.2, 0.25) is 0 Å². The maximum Gasteiger partial charge on any atom is 0.131 e. The Morgan fingerprint density at radius 1 is 1.50 bits per heavy atom. The van der Waals surface area contributed by atoms with Gasteiger partial charge in [0.05, 0.1) is 24.2 Å². The molecule has 1 aromatic rings. The smallest absolute Gasteiger partial charge is 0.131 e. The van der Waals surface area contributed by atoms with Gasteiger partial charge in [-0.2, -0.15) is 0 Å².